The summed E-state index contributed by atoms with van der Waals surface area (Å²) in [6, 6.07) is 7.84. The molecule has 1 aromatic carbocycles. The van der Waals surface area contributed by atoms with Gasteiger partial charge in [0.2, 0.25) is 17.7 Å². The van der Waals surface area contributed by atoms with Crippen molar-refractivity contribution < 1.29 is 34.1 Å². The summed E-state index contributed by atoms with van der Waals surface area (Å²) in [7, 11) is 3.29. The number of amides is 3. The third-order valence-electron chi connectivity index (χ3n) is 10.1. The molecule has 3 amide bonds. The van der Waals surface area contributed by atoms with Gasteiger partial charge in [0, 0.05) is 57.5 Å². The Balaban J connectivity index is 2.21. The van der Waals surface area contributed by atoms with Gasteiger partial charge in [-0.25, -0.2) is 0 Å². The van der Waals surface area contributed by atoms with Crippen LogP contribution in [0.2, 0.25) is 0 Å². The molecule has 9 atom stereocenters. The molecule has 1 aromatic rings. The molecule has 1 fully saturated rings. The highest BCUT2D eigenvalue weighted by molar-refractivity contribution is 5.86. The molecule has 10 nitrogen and oxygen atoms in total. The van der Waals surface area contributed by atoms with Crippen LogP contribution in [0.5, 0.6) is 0 Å². The molecule has 0 aromatic heterocycles. The smallest absolute Gasteiger partial charge is 0.226 e. The minimum atomic E-state index is -0.887. The van der Waals surface area contributed by atoms with Crippen LogP contribution in [-0.2, 0) is 23.9 Å². The topological polar surface area (TPSA) is 136 Å². The molecule has 1 heterocycles. The Kier molecular flexibility index (Phi) is 15.8. The molecule has 0 aliphatic carbocycles. The maximum atomic E-state index is 13.9. The number of Topliss-reactive ketones (excluding diaryl/α,β-unsaturated/α-hetero) is 1. The first kappa shape index (κ1) is 39.4. The molecular formula is C36H59N3O7. The van der Waals surface area contributed by atoms with Crippen LogP contribution in [0.1, 0.15) is 92.2 Å². The molecular weight excluding hydrogens is 586 g/mol. The average Bonchev–Trinajstić information content (AvgIpc) is 3.52. The summed E-state index contributed by atoms with van der Waals surface area (Å²) in [5.74, 6) is -2.18. The van der Waals surface area contributed by atoms with Crippen molar-refractivity contribution in [2.24, 2.45) is 29.6 Å². The summed E-state index contributed by atoms with van der Waals surface area (Å²) >= 11 is 0. The second-order valence-corrected chi connectivity index (χ2v) is 13.6. The normalized spacial score (nSPS) is 20.3. The lowest BCUT2D eigenvalue weighted by molar-refractivity contribution is -0.148. The van der Waals surface area contributed by atoms with Crippen LogP contribution in [0.25, 0.3) is 0 Å². The second-order valence-electron chi connectivity index (χ2n) is 13.6. The Morgan fingerprint density at radius 3 is 2.22 bits per heavy atom. The van der Waals surface area contributed by atoms with Crippen LogP contribution in [0, 0.1) is 29.6 Å². The summed E-state index contributed by atoms with van der Waals surface area (Å²) in [6.45, 7) is 13.2. The van der Waals surface area contributed by atoms with Gasteiger partial charge >= 0.3 is 0 Å². The van der Waals surface area contributed by atoms with Crippen LogP contribution in [0.4, 0.5) is 0 Å². The van der Waals surface area contributed by atoms with Crippen molar-refractivity contribution in [3.05, 3.63) is 35.9 Å². The number of benzene rings is 1. The number of rotatable bonds is 18. The minimum absolute atomic E-state index is 0.0216. The van der Waals surface area contributed by atoms with Crippen LogP contribution in [0.3, 0.4) is 0 Å². The number of methoxy groups -OCH3 is 1. The molecule has 0 saturated carbocycles. The number of hydrogen-bond acceptors (Lipinski definition) is 7. The zero-order chi connectivity index (χ0) is 34.7. The number of aliphatic hydroxyl groups is 2. The van der Waals surface area contributed by atoms with Crippen molar-refractivity contribution >= 4 is 23.5 Å². The molecule has 260 valence electrons. The number of likely N-dealkylation sites (N-methyl/N-ethyl adjacent to an activating group) is 1. The van der Waals surface area contributed by atoms with Crippen molar-refractivity contribution in [2.45, 2.75) is 111 Å². The SMILES string of the molecule is CC[C@H](C)[C@@H]([C@@H](CC(=O)N1CCC[C@H]1[C@H](CO)[C@@H](C)C(=O)N[C@H](C)[C@@H](O)c1ccccc1)OC)N(C)C(=O)[C@@H](CC(C)=O)C(C)C. The first-order valence-corrected chi connectivity index (χ1v) is 16.9. The predicted molar refractivity (Wildman–Crippen MR) is 179 cm³/mol. The zero-order valence-electron chi connectivity index (χ0n) is 29.4. The van der Waals surface area contributed by atoms with E-state index in [1.54, 1.807) is 49.9 Å². The Hall–Kier alpha value is -2.82. The lowest BCUT2D eigenvalue weighted by atomic mass is 9.84. The van der Waals surface area contributed by atoms with Gasteiger partial charge in [-0.3, -0.25) is 14.4 Å². The summed E-state index contributed by atoms with van der Waals surface area (Å²) < 4.78 is 5.92. The lowest BCUT2D eigenvalue weighted by Crippen LogP contribution is -2.54. The molecule has 0 radical (unpaired) electrons. The molecule has 2 rings (SSSR count). The van der Waals surface area contributed by atoms with E-state index in [9.17, 15) is 29.4 Å². The second kappa shape index (κ2) is 18.5. The highest BCUT2D eigenvalue weighted by atomic mass is 16.5. The Bertz CT molecular complexity index is 1130. The van der Waals surface area contributed by atoms with Gasteiger partial charge in [-0.2, -0.15) is 0 Å². The fourth-order valence-electron chi connectivity index (χ4n) is 6.93. The van der Waals surface area contributed by atoms with Crippen LogP contribution < -0.4 is 5.32 Å². The van der Waals surface area contributed by atoms with Crippen molar-refractivity contribution in [1.82, 2.24) is 15.1 Å². The highest BCUT2D eigenvalue weighted by Gasteiger charge is 2.42. The number of nitrogens with zero attached hydrogens (tertiary/aromatic N) is 2. The van der Waals surface area contributed by atoms with Crippen molar-refractivity contribution in [3.8, 4) is 0 Å². The van der Waals surface area contributed by atoms with Crippen LogP contribution in [0.15, 0.2) is 30.3 Å². The highest BCUT2D eigenvalue weighted by Crippen LogP contribution is 2.32. The van der Waals surface area contributed by atoms with E-state index in [4.69, 9.17) is 4.74 Å². The number of carbonyl (C=O) groups excluding carboxylic acids is 4. The Morgan fingerprint density at radius 1 is 1.07 bits per heavy atom. The first-order chi connectivity index (χ1) is 21.7. The van der Waals surface area contributed by atoms with E-state index in [2.05, 4.69) is 5.32 Å². The lowest BCUT2D eigenvalue weighted by Gasteiger charge is -2.40. The third kappa shape index (κ3) is 10.1. The quantitative estimate of drug-likeness (QED) is 0.220. The van der Waals surface area contributed by atoms with E-state index in [1.807, 2.05) is 45.9 Å². The summed E-state index contributed by atoms with van der Waals surface area (Å²) in [4.78, 5) is 56.4. The molecule has 10 heteroatoms. The first-order valence-electron chi connectivity index (χ1n) is 16.9. The molecule has 1 saturated heterocycles. The Morgan fingerprint density at radius 2 is 1.70 bits per heavy atom. The number of ether oxygens (including phenoxy) is 1. The van der Waals surface area contributed by atoms with E-state index >= 15 is 0 Å². The van der Waals surface area contributed by atoms with Crippen molar-refractivity contribution in [3.63, 3.8) is 0 Å². The van der Waals surface area contributed by atoms with Crippen LogP contribution in [-0.4, -0.2) is 95.1 Å². The van der Waals surface area contributed by atoms with Crippen molar-refractivity contribution in [1.29, 1.82) is 0 Å². The van der Waals surface area contributed by atoms with Gasteiger partial charge in [0.25, 0.3) is 0 Å². The largest absolute Gasteiger partial charge is 0.396 e. The van der Waals surface area contributed by atoms with Gasteiger partial charge in [-0.05, 0) is 44.1 Å². The minimum Gasteiger partial charge on any atom is -0.396 e. The van der Waals surface area contributed by atoms with E-state index in [0.717, 1.165) is 12.8 Å². The van der Waals surface area contributed by atoms with Gasteiger partial charge in [0.1, 0.15) is 5.78 Å². The van der Waals surface area contributed by atoms with Gasteiger partial charge < -0.3 is 34.9 Å². The van der Waals surface area contributed by atoms with Gasteiger partial charge in [-0.15, -0.1) is 0 Å². The number of hydrogen-bond donors (Lipinski definition) is 3. The molecule has 3 N–H and O–H groups in total. The Labute approximate surface area is 276 Å². The van der Waals surface area contributed by atoms with E-state index in [0.29, 0.717) is 18.5 Å². The van der Waals surface area contributed by atoms with E-state index < -0.39 is 42.0 Å². The van der Waals surface area contributed by atoms with E-state index in [1.165, 1.54) is 6.92 Å². The zero-order valence-corrected chi connectivity index (χ0v) is 29.4. The maximum Gasteiger partial charge on any atom is 0.226 e. The standard InChI is InChI=1S/C36H59N3O7/c1-10-23(4)33(38(8)36(45)28(22(2)3)19-24(5)41)31(46-9)20-32(42)39-18-14-17-30(39)29(21-40)25(6)35(44)37-26(7)34(43)27-15-12-11-13-16-27/h11-13,15-16,22-23,25-26,28-31,33-34,40,43H,10,14,17-21H2,1-9H3,(H,37,44)/t23-,25+,26+,28-,29+,30-,31+,33-,34+/m0/s1. The number of ketones is 1. The number of aliphatic hydroxyl groups excluding tert-OH is 2. The van der Waals surface area contributed by atoms with Gasteiger partial charge in [0.15, 0.2) is 0 Å². The van der Waals surface area contributed by atoms with Gasteiger partial charge in [-0.1, -0.05) is 71.4 Å². The summed E-state index contributed by atoms with van der Waals surface area (Å²) in [5, 5.41) is 24.1. The fraction of sp³-hybridized carbons (Fsp3) is 0.722. The number of nitrogens with one attached hydrogen (secondary N) is 1. The molecule has 0 unspecified atom stereocenters. The molecule has 0 spiro atoms. The van der Waals surface area contributed by atoms with Crippen molar-refractivity contribution in [2.75, 3.05) is 27.3 Å². The average molecular weight is 646 g/mol. The van der Waals surface area contributed by atoms with Gasteiger partial charge in [0.05, 0.1) is 30.7 Å². The molecule has 46 heavy (non-hydrogen) atoms. The van der Waals surface area contributed by atoms with E-state index in [-0.39, 0.29) is 60.8 Å². The third-order valence-corrected chi connectivity index (χ3v) is 10.1. The molecule has 1 aliphatic heterocycles. The maximum absolute atomic E-state index is 13.9. The molecule has 0 bridgehead atoms. The summed E-state index contributed by atoms with van der Waals surface area (Å²) in [5.41, 5.74) is 0.698. The number of carbonyl (C=O) groups is 4. The summed E-state index contributed by atoms with van der Waals surface area (Å²) in [6.07, 6.45) is 0.895. The van der Waals surface area contributed by atoms with Crippen LogP contribution >= 0.6 is 0 Å². The number of likely N-dealkylation sites (tertiary alicyclic amines) is 1. The predicted octanol–water partition coefficient (Wildman–Crippen LogP) is 3.99. The molecule has 1 aliphatic rings. The fourth-order valence-corrected chi connectivity index (χ4v) is 6.93. The monoisotopic (exact) mass is 645 g/mol.